The molecule has 1 unspecified atom stereocenters. The molecule has 1 fully saturated rings. The third-order valence-corrected chi connectivity index (χ3v) is 7.18. The van der Waals surface area contributed by atoms with Gasteiger partial charge in [0.1, 0.15) is 17.2 Å². The van der Waals surface area contributed by atoms with Gasteiger partial charge in [-0.25, -0.2) is 0 Å². The smallest absolute Gasteiger partial charge is 0.549 e. The largest absolute Gasteiger partial charge is 1.00 e. The maximum Gasteiger partial charge on any atom is 1.00 e. The summed E-state index contributed by atoms with van der Waals surface area (Å²) in [6, 6.07) is 18.2. The molecule has 5 rings (SSSR count). The number of carboxylic acids is 1. The van der Waals surface area contributed by atoms with Crippen molar-refractivity contribution in [2.75, 3.05) is 13.2 Å². The number of aliphatic carboxylic acids is 1. The molecule has 9 heteroatoms. The second-order valence-corrected chi connectivity index (χ2v) is 9.93. The Hall–Kier alpha value is -2.22. The van der Waals surface area contributed by atoms with E-state index in [1.807, 2.05) is 0 Å². The Morgan fingerprint density at radius 3 is 2.38 bits per heavy atom. The molecule has 1 atom stereocenters. The van der Waals surface area contributed by atoms with Gasteiger partial charge in [0.25, 0.3) is 5.91 Å². The average Bonchev–Trinajstić information content (AvgIpc) is 3.73. The zero-order chi connectivity index (χ0) is 25.2. The molecule has 37 heavy (non-hydrogen) atoms. The Balaban J connectivity index is 0.00000320. The first kappa shape index (κ1) is 27.8. The van der Waals surface area contributed by atoms with E-state index in [1.54, 1.807) is 30.3 Å². The Bertz CT molecular complexity index is 1280. The van der Waals surface area contributed by atoms with Gasteiger partial charge in [0.05, 0.1) is 11.6 Å². The number of benzene rings is 3. The van der Waals surface area contributed by atoms with Crippen LogP contribution < -0.4 is 44.1 Å². The summed E-state index contributed by atoms with van der Waals surface area (Å²) >= 11 is 12.6. The summed E-state index contributed by atoms with van der Waals surface area (Å²) in [6.07, 6.45) is 3.53. The van der Waals surface area contributed by atoms with E-state index in [0.717, 1.165) is 11.5 Å². The van der Waals surface area contributed by atoms with Crippen molar-refractivity contribution in [1.82, 2.24) is 4.42 Å². The van der Waals surface area contributed by atoms with Crippen LogP contribution in [0.15, 0.2) is 60.7 Å². The summed E-state index contributed by atoms with van der Waals surface area (Å²) in [5, 5.41) is 11.7. The molecule has 0 bridgehead atoms. The van der Waals surface area contributed by atoms with Gasteiger partial charge in [-0.05, 0) is 73.1 Å². The summed E-state index contributed by atoms with van der Waals surface area (Å²) in [6.45, 7) is 0.656. The number of rotatable bonds is 8. The molecule has 3 aromatic carbocycles. The molecule has 0 aromatic heterocycles. The van der Waals surface area contributed by atoms with E-state index in [2.05, 4.69) is 24.3 Å². The average molecular weight is 548 g/mol. The van der Waals surface area contributed by atoms with Crippen LogP contribution in [0.25, 0.3) is 0 Å². The standard InChI is InChI=1S/C28H25Cl2NO5.Na/c29-24-15-23-22(28(33)34)12-14-35-25(23)16-26(24)36-21-9-7-20(8-10-21)27(32)31(30)13-11-17-1-3-18(4-2-17)19-5-6-19;/h1-4,7-10,15-16,19,22H,5-6,11-14H2,(H,33,34);/q;+1/p-1. The predicted molar refractivity (Wildman–Crippen MR) is 135 cm³/mol. The molecule has 2 aliphatic rings. The van der Waals surface area contributed by atoms with Crippen molar-refractivity contribution < 1.29 is 53.7 Å². The van der Waals surface area contributed by atoms with Crippen LogP contribution in [-0.2, 0) is 11.2 Å². The van der Waals surface area contributed by atoms with Gasteiger partial charge in [-0.1, -0.05) is 35.9 Å². The molecule has 1 aliphatic carbocycles. The minimum Gasteiger partial charge on any atom is -0.549 e. The minimum absolute atomic E-state index is 0. The number of fused-ring (bicyclic) bond motifs is 1. The molecule has 1 saturated carbocycles. The number of halogens is 2. The monoisotopic (exact) mass is 547 g/mol. The van der Waals surface area contributed by atoms with Crippen LogP contribution in [0.2, 0.25) is 5.02 Å². The number of carbonyl (C=O) groups is 2. The molecular weight excluding hydrogens is 524 g/mol. The van der Waals surface area contributed by atoms with Crippen molar-refractivity contribution in [2.24, 2.45) is 0 Å². The topological polar surface area (TPSA) is 78.9 Å². The molecule has 0 spiro atoms. The Labute approximate surface area is 247 Å². The summed E-state index contributed by atoms with van der Waals surface area (Å²) in [7, 11) is 0. The number of nitrogens with zero attached hydrogens (tertiary/aromatic N) is 1. The second kappa shape index (κ2) is 12.1. The van der Waals surface area contributed by atoms with Crippen molar-refractivity contribution in [3.05, 3.63) is 87.9 Å². The van der Waals surface area contributed by atoms with E-state index in [9.17, 15) is 14.7 Å². The van der Waals surface area contributed by atoms with Crippen LogP contribution in [-0.4, -0.2) is 29.4 Å². The van der Waals surface area contributed by atoms with Crippen molar-refractivity contribution in [3.63, 3.8) is 0 Å². The van der Waals surface area contributed by atoms with E-state index >= 15 is 0 Å². The van der Waals surface area contributed by atoms with Crippen LogP contribution in [0, 0.1) is 0 Å². The van der Waals surface area contributed by atoms with Gasteiger partial charge < -0.3 is 19.4 Å². The molecule has 0 radical (unpaired) electrons. The van der Waals surface area contributed by atoms with Gasteiger partial charge in [0.2, 0.25) is 0 Å². The Kier molecular flexibility index (Phi) is 9.09. The van der Waals surface area contributed by atoms with E-state index in [4.69, 9.17) is 32.9 Å². The third kappa shape index (κ3) is 6.62. The van der Waals surface area contributed by atoms with Crippen LogP contribution >= 0.6 is 23.4 Å². The summed E-state index contributed by atoms with van der Waals surface area (Å²) < 4.78 is 12.7. The third-order valence-electron chi connectivity index (χ3n) is 6.56. The number of carbonyl (C=O) groups excluding carboxylic acids is 2. The zero-order valence-electron chi connectivity index (χ0n) is 20.4. The first-order valence-corrected chi connectivity index (χ1v) is 12.6. The fraction of sp³-hybridized carbons (Fsp3) is 0.286. The van der Waals surface area contributed by atoms with Crippen LogP contribution in [0.5, 0.6) is 17.2 Å². The van der Waals surface area contributed by atoms with Crippen molar-refractivity contribution >= 4 is 35.3 Å². The summed E-state index contributed by atoms with van der Waals surface area (Å²) in [5.41, 5.74) is 3.42. The minimum atomic E-state index is -1.16. The van der Waals surface area contributed by atoms with Gasteiger partial charge in [-0.15, -0.1) is 0 Å². The molecule has 186 valence electrons. The van der Waals surface area contributed by atoms with E-state index in [1.165, 1.54) is 28.9 Å². The van der Waals surface area contributed by atoms with Gasteiger partial charge in [-0.2, -0.15) is 0 Å². The molecule has 0 N–H and O–H groups in total. The van der Waals surface area contributed by atoms with Gasteiger partial charge in [-0.3, -0.25) is 9.21 Å². The number of ether oxygens (including phenoxy) is 2. The van der Waals surface area contributed by atoms with Crippen LogP contribution in [0.4, 0.5) is 0 Å². The predicted octanol–water partition coefficient (Wildman–Crippen LogP) is 2.47. The molecular formula is C28H24Cl2NNaO5. The van der Waals surface area contributed by atoms with Crippen LogP contribution in [0.3, 0.4) is 0 Å². The van der Waals surface area contributed by atoms with E-state index in [0.29, 0.717) is 47.8 Å². The maximum atomic E-state index is 12.8. The zero-order valence-corrected chi connectivity index (χ0v) is 23.9. The summed E-state index contributed by atoms with van der Waals surface area (Å²) in [4.78, 5) is 24.2. The van der Waals surface area contributed by atoms with Crippen LogP contribution in [0.1, 0.15) is 58.1 Å². The number of amides is 1. The molecule has 1 heterocycles. The van der Waals surface area contributed by atoms with Gasteiger partial charge >= 0.3 is 29.6 Å². The number of hydrogen-bond donors (Lipinski definition) is 0. The quantitative estimate of drug-likeness (QED) is 0.320. The maximum absolute atomic E-state index is 12.8. The molecule has 1 amide bonds. The Morgan fingerprint density at radius 1 is 1.03 bits per heavy atom. The van der Waals surface area contributed by atoms with Crippen molar-refractivity contribution in [2.45, 2.75) is 37.5 Å². The van der Waals surface area contributed by atoms with E-state index in [-0.39, 0.29) is 47.1 Å². The number of hydrogen-bond acceptors (Lipinski definition) is 5. The Morgan fingerprint density at radius 2 is 1.73 bits per heavy atom. The second-order valence-electron chi connectivity index (χ2n) is 9.11. The van der Waals surface area contributed by atoms with Crippen molar-refractivity contribution in [3.8, 4) is 17.2 Å². The number of carboxylic acid groups (broad SMARTS) is 1. The molecule has 3 aromatic rings. The summed E-state index contributed by atoms with van der Waals surface area (Å²) in [5.74, 6) is -0.336. The fourth-order valence-electron chi connectivity index (χ4n) is 4.35. The van der Waals surface area contributed by atoms with Gasteiger partial charge in [0.15, 0.2) is 0 Å². The van der Waals surface area contributed by atoms with Gasteiger partial charge in [0, 0.05) is 47.4 Å². The fourth-order valence-corrected chi connectivity index (χ4v) is 4.74. The van der Waals surface area contributed by atoms with E-state index < -0.39 is 11.9 Å². The first-order valence-electron chi connectivity index (χ1n) is 11.9. The van der Waals surface area contributed by atoms with Crippen molar-refractivity contribution in [1.29, 1.82) is 0 Å². The molecule has 0 saturated heterocycles. The normalized spacial score (nSPS) is 16.1. The SMILES string of the molecule is O=C([O-])C1CCOc2cc(Oc3ccc(C(=O)N(Cl)CCc4ccc(C5CC5)cc4)cc3)c(Cl)cc21.[Na+]. The first-order chi connectivity index (χ1) is 17.4. The molecule has 6 nitrogen and oxygen atoms in total. The molecule has 1 aliphatic heterocycles.